The summed E-state index contributed by atoms with van der Waals surface area (Å²) in [6.45, 7) is 5.38. The summed E-state index contributed by atoms with van der Waals surface area (Å²) in [5.41, 5.74) is -0.446. The van der Waals surface area contributed by atoms with Crippen LogP contribution in [0.4, 0.5) is 0 Å². The molecule has 2 heteroatoms. The molecule has 2 rings (SSSR count). The van der Waals surface area contributed by atoms with E-state index in [1.165, 1.54) is 12.8 Å². The van der Waals surface area contributed by atoms with E-state index < -0.39 is 5.60 Å². The summed E-state index contributed by atoms with van der Waals surface area (Å²) in [7, 11) is 0. The Morgan fingerprint density at radius 3 is 2.69 bits per heavy atom. The monoisotopic (exact) mass is 183 g/mol. The Balaban J connectivity index is 1.75. The van der Waals surface area contributed by atoms with Crippen LogP contribution >= 0.6 is 0 Å². The first-order valence-corrected chi connectivity index (χ1v) is 5.55. The molecule has 76 valence electrons. The van der Waals surface area contributed by atoms with Gasteiger partial charge in [-0.1, -0.05) is 6.92 Å². The molecule has 0 aromatic heterocycles. The summed E-state index contributed by atoms with van der Waals surface area (Å²) >= 11 is 0. The van der Waals surface area contributed by atoms with E-state index in [9.17, 15) is 5.11 Å². The van der Waals surface area contributed by atoms with Crippen LogP contribution in [0.5, 0.6) is 0 Å². The van der Waals surface area contributed by atoms with Crippen molar-refractivity contribution >= 4 is 0 Å². The van der Waals surface area contributed by atoms with Crippen LogP contribution in [0.1, 0.15) is 39.5 Å². The molecule has 0 amide bonds. The van der Waals surface area contributed by atoms with Crippen molar-refractivity contribution in [2.24, 2.45) is 11.8 Å². The molecule has 0 bridgehead atoms. The maximum atomic E-state index is 9.99. The van der Waals surface area contributed by atoms with Crippen molar-refractivity contribution in [3.63, 3.8) is 0 Å². The first kappa shape index (κ1) is 9.47. The lowest BCUT2D eigenvalue weighted by Crippen LogP contribution is -2.45. The first-order chi connectivity index (χ1) is 6.09. The average Bonchev–Trinajstić information content (AvgIpc) is 2.63. The molecule has 2 N–H and O–H groups in total. The molecule has 4 atom stereocenters. The van der Waals surface area contributed by atoms with Crippen molar-refractivity contribution in [1.29, 1.82) is 0 Å². The second-order valence-electron chi connectivity index (χ2n) is 5.18. The second kappa shape index (κ2) is 3.25. The first-order valence-electron chi connectivity index (χ1n) is 5.55. The van der Waals surface area contributed by atoms with E-state index in [-0.39, 0.29) is 0 Å². The van der Waals surface area contributed by atoms with Gasteiger partial charge in [0.05, 0.1) is 5.60 Å². The standard InChI is InChI=1S/C11H21NO/c1-8-6-9(8)7-12-10-4-3-5-11(10,2)13/h8-10,12-13H,3-7H2,1-2H3. The minimum absolute atomic E-state index is 0.347. The highest BCUT2D eigenvalue weighted by atomic mass is 16.3. The van der Waals surface area contributed by atoms with Gasteiger partial charge in [0, 0.05) is 6.04 Å². The normalized spacial score (nSPS) is 49.6. The van der Waals surface area contributed by atoms with Crippen LogP contribution in [-0.2, 0) is 0 Å². The van der Waals surface area contributed by atoms with Gasteiger partial charge in [-0.15, -0.1) is 0 Å². The molecule has 13 heavy (non-hydrogen) atoms. The maximum Gasteiger partial charge on any atom is 0.0772 e. The van der Waals surface area contributed by atoms with E-state index in [1.807, 2.05) is 6.92 Å². The Hall–Kier alpha value is -0.0800. The van der Waals surface area contributed by atoms with Crippen molar-refractivity contribution in [2.45, 2.75) is 51.2 Å². The molecule has 2 nitrogen and oxygen atoms in total. The number of aliphatic hydroxyl groups is 1. The van der Waals surface area contributed by atoms with E-state index in [4.69, 9.17) is 0 Å². The Bertz CT molecular complexity index is 191. The van der Waals surface area contributed by atoms with E-state index >= 15 is 0 Å². The molecule has 2 saturated carbocycles. The third kappa shape index (κ3) is 2.05. The fraction of sp³-hybridized carbons (Fsp3) is 1.00. The lowest BCUT2D eigenvalue weighted by atomic mass is 10.0. The summed E-state index contributed by atoms with van der Waals surface area (Å²) in [5, 5.41) is 13.5. The van der Waals surface area contributed by atoms with E-state index in [2.05, 4.69) is 12.2 Å². The highest BCUT2D eigenvalue weighted by Crippen LogP contribution is 2.38. The molecule has 4 unspecified atom stereocenters. The molecular weight excluding hydrogens is 162 g/mol. The fourth-order valence-corrected chi connectivity index (χ4v) is 2.45. The van der Waals surface area contributed by atoms with Crippen LogP contribution in [0.15, 0.2) is 0 Å². The van der Waals surface area contributed by atoms with Gasteiger partial charge in [0.15, 0.2) is 0 Å². The molecule has 2 fully saturated rings. The summed E-state index contributed by atoms with van der Waals surface area (Å²) in [5.74, 6) is 1.80. The highest BCUT2D eigenvalue weighted by Gasteiger charge is 2.38. The summed E-state index contributed by atoms with van der Waals surface area (Å²) in [6, 6.07) is 0.347. The van der Waals surface area contributed by atoms with Gasteiger partial charge in [-0.2, -0.15) is 0 Å². The molecular formula is C11H21NO. The van der Waals surface area contributed by atoms with Crippen molar-refractivity contribution < 1.29 is 5.11 Å². The molecule has 0 heterocycles. The highest BCUT2D eigenvalue weighted by molar-refractivity contribution is 4.95. The van der Waals surface area contributed by atoms with Gasteiger partial charge in [0.25, 0.3) is 0 Å². The smallest absolute Gasteiger partial charge is 0.0772 e. The van der Waals surface area contributed by atoms with Crippen LogP contribution in [0.2, 0.25) is 0 Å². The topological polar surface area (TPSA) is 32.3 Å². The van der Waals surface area contributed by atoms with Crippen LogP contribution in [0.25, 0.3) is 0 Å². The van der Waals surface area contributed by atoms with Crippen LogP contribution < -0.4 is 5.32 Å². The number of hydrogen-bond donors (Lipinski definition) is 2. The quantitative estimate of drug-likeness (QED) is 0.695. The van der Waals surface area contributed by atoms with E-state index in [0.717, 1.165) is 31.2 Å². The van der Waals surface area contributed by atoms with Crippen molar-refractivity contribution in [2.75, 3.05) is 6.54 Å². The largest absolute Gasteiger partial charge is 0.389 e. The summed E-state index contributed by atoms with van der Waals surface area (Å²) in [6.07, 6.45) is 4.66. The van der Waals surface area contributed by atoms with Crippen LogP contribution in [0, 0.1) is 11.8 Å². The van der Waals surface area contributed by atoms with Gasteiger partial charge in [0.2, 0.25) is 0 Å². The zero-order valence-corrected chi connectivity index (χ0v) is 8.71. The maximum absolute atomic E-state index is 9.99. The van der Waals surface area contributed by atoms with Gasteiger partial charge in [0.1, 0.15) is 0 Å². The van der Waals surface area contributed by atoms with Gasteiger partial charge in [-0.25, -0.2) is 0 Å². The molecule has 0 aliphatic heterocycles. The molecule has 0 radical (unpaired) electrons. The molecule has 0 aromatic carbocycles. The molecule has 0 spiro atoms. The molecule has 2 aliphatic carbocycles. The second-order valence-corrected chi connectivity index (χ2v) is 5.18. The predicted octanol–water partition coefficient (Wildman–Crippen LogP) is 1.54. The number of hydrogen-bond acceptors (Lipinski definition) is 2. The van der Waals surface area contributed by atoms with Crippen molar-refractivity contribution in [3.05, 3.63) is 0 Å². The van der Waals surface area contributed by atoms with Gasteiger partial charge in [-0.05, 0) is 51.0 Å². The van der Waals surface area contributed by atoms with Crippen LogP contribution in [0.3, 0.4) is 0 Å². The Labute approximate surface area is 80.7 Å². The van der Waals surface area contributed by atoms with E-state index in [0.29, 0.717) is 6.04 Å². The Morgan fingerprint density at radius 1 is 1.54 bits per heavy atom. The minimum Gasteiger partial charge on any atom is -0.389 e. The average molecular weight is 183 g/mol. The third-order valence-corrected chi connectivity index (χ3v) is 3.83. The SMILES string of the molecule is CC1CC1CNC1CCCC1(C)O. The van der Waals surface area contributed by atoms with E-state index in [1.54, 1.807) is 0 Å². The van der Waals surface area contributed by atoms with Gasteiger partial charge >= 0.3 is 0 Å². The number of rotatable bonds is 3. The molecule has 2 aliphatic rings. The molecule has 0 saturated heterocycles. The van der Waals surface area contributed by atoms with Crippen molar-refractivity contribution in [3.8, 4) is 0 Å². The Kier molecular flexibility index (Phi) is 2.37. The zero-order valence-electron chi connectivity index (χ0n) is 8.71. The fourth-order valence-electron chi connectivity index (χ4n) is 2.45. The number of nitrogens with one attached hydrogen (secondary N) is 1. The predicted molar refractivity (Wildman–Crippen MR) is 53.5 cm³/mol. The zero-order chi connectivity index (χ0) is 9.47. The van der Waals surface area contributed by atoms with Crippen molar-refractivity contribution in [1.82, 2.24) is 5.32 Å². The van der Waals surface area contributed by atoms with Crippen LogP contribution in [-0.4, -0.2) is 23.3 Å². The summed E-state index contributed by atoms with van der Waals surface area (Å²) < 4.78 is 0. The third-order valence-electron chi connectivity index (χ3n) is 3.83. The lowest BCUT2D eigenvalue weighted by Gasteiger charge is -2.26. The lowest BCUT2D eigenvalue weighted by molar-refractivity contribution is 0.0389. The van der Waals surface area contributed by atoms with Gasteiger partial charge < -0.3 is 10.4 Å². The minimum atomic E-state index is -0.446. The molecule has 0 aromatic rings. The van der Waals surface area contributed by atoms with Gasteiger partial charge in [-0.3, -0.25) is 0 Å². The Morgan fingerprint density at radius 2 is 2.23 bits per heavy atom. The summed E-state index contributed by atoms with van der Waals surface area (Å²) in [4.78, 5) is 0.